The number of hydrogen-bond donors (Lipinski definition) is 1. The molecule has 0 radical (unpaired) electrons. The van der Waals surface area contributed by atoms with Gasteiger partial charge in [-0.2, -0.15) is 5.10 Å². The molecular weight excluding hydrogens is 226 g/mol. The molecular formula is C14H19N3O. The van der Waals surface area contributed by atoms with Crippen molar-refractivity contribution in [2.24, 2.45) is 12.8 Å². The summed E-state index contributed by atoms with van der Waals surface area (Å²) in [4.78, 5) is 0. The Morgan fingerprint density at radius 1 is 1.28 bits per heavy atom. The lowest BCUT2D eigenvalue weighted by Gasteiger charge is -2.10. The highest BCUT2D eigenvalue weighted by Crippen LogP contribution is 2.29. The lowest BCUT2D eigenvalue weighted by molar-refractivity contribution is 0.423. The molecule has 0 aliphatic carbocycles. The van der Waals surface area contributed by atoms with Gasteiger partial charge in [-0.1, -0.05) is 18.2 Å². The number of nitrogens with two attached hydrogens (primary N) is 1. The Labute approximate surface area is 107 Å². The number of rotatable bonds is 4. The Bertz CT molecular complexity index is 546. The van der Waals surface area contributed by atoms with E-state index in [0.29, 0.717) is 6.54 Å². The first-order valence-electron chi connectivity index (χ1n) is 6.09. The van der Waals surface area contributed by atoms with Crippen molar-refractivity contribution in [3.63, 3.8) is 0 Å². The molecule has 0 amide bonds. The molecule has 0 atom stereocenters. The zero-order chi connectivity index (χ0) is 13.1. The van der Waals surface area contributed by atoms with Crippen molar-refractivity contribution in [2.75, 3.05) is 6.54 Å². The first-order valence-corrected chi connectivity index (χ1v) is 6.09. The van der Waals surface area contributed by atoms with Gasteiger partial charge < -0.3 is 10.5 Å². The molecule has 0 saturated heterocycles. The Morgan fingerprint density at radius 3 is 2.67 bits per heavy atom. The standard InChI is InChI=1S/C14H19N3O/c1-10-6-4-5-7-13(10)18-14-12(8-9-15)11(2)16-17(14)3/h4-7H,8-9,15H2,1-3H3. The van der Waals surface area contributed by atoms with Crippen molar-refractivity contribution in [1.29, 1.82) is 0 Å². The summed E-state index contributed by atoms with van der Waals surface area (Å²) in [6.45, 7) is 4.60. The third-order valence-electron chi connectivity index (χ3n) is 2.98. The molecule has 2 N–H and O–H groups in total. The van der Waals surface area contributed by atoms with E-state index in [-0.39, 0.29) is 0 Å². The van der Waals surface area contributed by atoms with Crippen LogP contribution < -0.4 is 10.5 Å². The fourth-order valence-electron chi connectivity index (χ4n) is 2.02. The van der Waals surface area contributed by atoms with E-state index < -0.39 is 0 Å². The molecule has 2 rings (SSSR count). The van der Waals surface area contributed by atoms with Crippen LogP contribution in [0.3, 0.4) is 0 Å². The lowest BCUT2D eigenvalue weighted by Crippen LogP contribution is -2.05. The molecule has 18 heavy (non-hydrogen) atoms. The first kappa shape index (κ1) is 12.6. The number of para-hydroxylation sites is 1. The van der Waals surface area contributed by atoms with Crippen LogP contribution in [-0.2, 0) is 13.5 Å². The third kappa shape index (κ3) is 2.38. The maximum absolute atomic E-state index is 5.99. The van der Waals surface area contributed by atoms with Crippen molar-refractivity contribution in [1.82, 2.24) is 9.78 Å². The second-order valence-corrected chi connectivity index (χ2v) is 4.40. The molecule has 0 fully saturated rings. The topological polar surface area (TPSA) is 53.1 Å². The highest BCUT2D eigenvalue weighted by atomic mass is 16.5. The molecule has 1 heterocycles. The first-order chi connectivity index (χ1) is 8.63. The number of benzene rings is 1. The molecule has 0 unspecified atom stereocenters. The minimum atomic E-state index is 0.594. The Kier molecular flexibility index (Phi) is 3.67. The van der Waals surface area contributed by atoms with Crippen LogP contribution in [0.5, 0.6) is 11.6 Å². The number of nitrogens with zero attached hydrogens (tertiary/aromatic N) is 2. The smallest absolute Gasteiger partial charge is 0.221 e. The second kappa shape index (κ2) is 5.23. The summed E-state index contributed by atoms with van der Waals surface area (Å²) in [6.07, 6.45) is 0.779. The fraction of sp³-hybridized carbons (Fsp3) is 0.357. The van der Waals surface area contributed by atoms with Crippen LogP contribution in [0.15, 0.2) is 24.3 Å². The van der Waals surface area contributed by atoms with Gasteiger partial charge in [0.2, 0.25) is 5.88 Å². The summed E-state index contributed by atoms with van der Waals surface area (Å²) in [5, 5.41) is 4.39. The molecule has 0 spiro atoms. The van der Waals surface area contributed by atoms with Crippen LogP contribution in [0.1, 0.15) is 16.8 Å². The van der Waals surface area contributed by atoms with E-state index in [4.69, 9.17) is 10.5 Å². The SMILES string of the molecule is Cc1ccccc1Oc1c(CCN)c(C)nn1C. The van der Waals surface area contributed by atoms with Crippen LogP contribution >= 0.6 is 0 Å². The number of aromatic nitrogens is 2. The zero-order valence-electron chi connectivity index (χ0n) is 11.1. The van der Waals surface area contributed by atoms with E-state index in [9.17, 15) is 0 Å². The van der Waals surface area contributed by atoms with Crippen molar-refractivity contribution in [2.45, 2.75) is 20.3 Å². The summed E-state index contributed by atoms with van der Waals surface area (Å²) < 4.78 is 7.76. The molecule has 1 aromatic heterocycles. The minimum absolute atomic E-state index is 0.594. The quantitative estimate of drug-likeness (QED) is 0.899. The average Bonchev–Trinajstić information content (AvgIpc) is 2.59. The molecule has 4 heteroatoms. The Balaban J connectivity index is 2.37. The lowest BCUT2D eigenvalue weighted by atomic mass is 10.2. The molecule has 4 nitrogen and oxygen atoms in total. The number of hydrogen-bond acceptors (Lipinski definition) is 3. The van der Waals surface area contributed by atoms with Gasteiger partial charge >= 0.3 is 0 Å². The molecule has 2 aromatic rings. The van der Waals surface area contributed by atoms with E-state index in [1.54, 1.807) is 4.68 Å². The maximum Gasteiger partial charge on any atom is 0.221 e. The predicted molar refractivity (Wildman–Crippen MR) is 72.0 cm³/mol. The van der Waals surface area contributed by atoms with Gasteiger partial charge in [-0.25, -0.2) is 4.68 Å². The van der Waals surface area contributed by atoms with E-state index >= 15 is 0 Å². The van der Waals surface area contributed by atoms with Crippen LogP contribution in [0.2, 0.25) is 0 Å². The Hall–Kier alpha value is -1.81. The zero-order valence-corrected chi connectivity index (χ0v) is 11.1. The van der Waals surface area contributed by atoms with Gasteiger partial charge in [0.1, 0.15) is 5.75 Å². The van der Waals surface area contributed by atoms with Gasteiger partial charge in [-0.15, -0.1) is 0 Å². The van der Waals surface area contributed by atoms with Crippen molar-refractivity contribution >= 4 is 0 Å². The van der Waals surface area contributed by atoms with Gasteiger partial charge in [0.05, 0.1) is 5.69 Å². The van der Waals surface area contributed by atoms with Gasteiger partial charge in [0.15, 0.2) is 0 Å². The fourth-order valence-corrected chi connectivity index (χ4v) is 2.02. The van der Waals surface area contributed by atoms with Crippen molar-refractivity contribution in [3.8, 4) is 11.6 Å². The highest BCUT2D eigenvalue weighted by molar-refractivity contribution is 5.39. The second-order valence-electron chi connectivity index (χ2n) is 4.40. The van der Waals surface area contributed by atoms with Crippen LogP contribution in [0.25, 0.3) is 0 Å². The summed E-state index contributed by atoms with van der Waals surface area (Å²) in [6, 6.07) is 7.96. The normalized spacial score (nSPS) is 10.7. The van der Waals surface area contributed by atoms with Crippen molar-refractivity contribution < 1.29 is 4.74 Å². The van der Waals surface area contributed by atoms with E-state index in [0.717, 1.165) is 34.9 Å². The van der Waals surface area contributed by atoms with Gasteiger partial charge in [0, 0.05) is 12.6 Å². The van der Waals surface area contributed by atoms with Gasteiger partial charge in [-0.3, -0.25) is 0 Å². The van der Waals surface area contributed by atoms with E-state index in [2.05, 4.69) is 5.10 Å². The Morgan fingerprint density at radius 2 is 2.00 bits per heavy atom. The molecule has 96 valence electrons. The summed E-state index contributed by atoms with van der Waals surface area (Å²) in [5.41, 5.74) is 8.81. The molecule has 0 aliphatic heterocycles. The number of ether oxygens (including phenoxy) is 1. The van der Waals surface area contributed by atoms with Crippen LogP contribution in [0, 0.1) is 13.8 Å². The van der Waals surface area contributed by atoms with Gasteiger partial charge in [-0.05, 0) is 38.4 Å². The molecule has 0 saturated carbocycles. The van der Waals surface area contributed by atoms with Crippen LogP contribution in [0.4, 0.5) is 0 Å². The summed E-state index contributed by atoms with van der Waals surface area (Å²) in [5.74, 6) is 1.64. The summed E-state index contributed by atoms with van der Waals surface area (Å²) in [7, 11) is 1.89. The molecule has 0 aliphatic rings. The molecule has 0 bridgehead atoms. The van der Waals surface area contributed by atoms with Crippen molar-refractivity contribution in [3.05, 3.63) is 41.1 Å². The van der Waals surface area contributed by atoms with Gasteiger partial charge in [0.25, 0.3) is 0 Å². The maximum atomic E-state index is 5.99. The predicted octanol–water partition coefficient (Wildman–Crippen LogP) is 2.33. The average molecular weight is 245 g/mol. The minimum Gasteiger partial charge on any atom is -0.439 e. The largest absolute Gasteiger partial charge is 0.439 e. The third-order valence-corrected chi connectivity index (χ3v) is 2.98. The van der Waals surface area contributed by atoms with E-state index in [1.165, 1.54) is 0 Å². The number of aryl methyl sites for hydroxylation is 3. The monoisotopic (exact) mass is 245 g/mol. The highest BCUT2D eigenvalue weighted by Gasteiger charge is 2.15. The summed E-state index contributed by atoms with van der Waals surface area (Å²) >= 11 is 0. The molecule has 1 aromatic carbocycles. The van der Waals surface area contributed by atoms with Crippen LogP contribution in [-0.4, -0.2) is 16.3 Å². The van der Waals surface area contributed by atoms with E-state index in [1.807, 2.05) is 45.2 Å².